The van der Waals surface area contributed by atoms with Crippen LogP contribution in [-0.2, 0) is 0 Å². The lowest BCUT2D eigenvalue weighted by Gasteiger charge is -2.22. The van der Waals surface area contributed by atoms with Crippen LogP contribution >= 0.6 is 0 Å². The predicted molar refractivity (Wildman–Crippen MR) is 56.4 cm³/mol. The average Bonchev–Trinajstić information content (AvgIpc) is 2.63. The standard InChI is InChI=1S/C12H14F2NO/c1-2-15-7-9(16)6-12(15)10-5-8(13)3-4-11(10)14/h3-5,7,9,12,16H,2,6H2,1H3/t9-,12?/m1/s1. The van der Waals surface area contributed by atoms with E-state index in [4.69, 9.17) is 0 Å². The summed E-state index contributed by atoms with van der Waals surface area (Å²) in [5.41, 5.74) is 0.314. The predicted octanol–water partition coefficient (Wildman–Crippen LogP) is 2.25. The molecule has 0 bridgehead atoms. The van der Waals surface area contributed by atoms with Gasteiger partial charge in [0.05, 0.1) is 12.6 Å². The SMILES string of the molecule is CCN1[CH][C@H](O)CC1c1cc(F)ccc1F. The van der Waals surface area contributed by atoms with Gasteiger partial charge in [-0.25, -0.2) is 8.78 Å². The molecular weight excluding hydrogens is 212 g/mol. The van der Waals surface area contributed by atoms with E-state index in [2.05, 4.69) is 0 Å². The van der Waals surface area contributed by atoms with Crippen molar-refractivity contribution in [1.29, 1.82) is 0 Å². The average molecular weight is 226 g/mol. The first-order valence-corrected chi connectivity index (χ1v) is 5.35. The molecule has 1 aliphatic heterocycles. The number of halogens is 2. The van der Waals surface area contributed by atoms with Crippen molar-refractivity contribution in [2.45, 2.75) is 25.5 Å². The summed E-state index contributed by atoms with van der Waals surface area (Å²) in [6.07, 6.45) is -0.165. The molecule has 0 spiro atoms. The van der Waals surface area contributed by atoms with E-state index in [0.29, 0.717) is 18.5 Å². The maximum Gasteiger partial charge on any atom is 0.128 e. The van der Waals surface area contributed by atoms with Crippen molar-refractivity contribution in [3.05, 3.63) is 41.9 Å². The van der Waals surface area contributed by atoms with E-state index >= 15 is 0 Å². The molecule has 1 aromatic rings. The molecule has 1 heterocycles. The molecule has 0 aromatic heterocycles. The fourth-order valence-corrected chi connectivity index (χ4v) is 2.15. The minimum absolute atomic E-state index is 0.268. The van der Waals surface area contributed by atoms with E-state index in [0.717, 1.165) is 12.1 Å². The highest BCUT2D eigenvalue weighted by atomic mass is 19.1. The number of likely N-dealkylation sites (N-methyl/N-ethyl adjacent to an activating group) is 1. The summed E-state index contributed by atoms with van der Waals surface area (Å²) in [6, 6.07) is 3.16. The second-order valence-electron chi connectivity index (χ2n) is 3.96. The molecule has 1 aliphatic rings. The van der Waals surface area contributed by atoms with Crippen molar-refractivity contribution >= 4 is 0 Å². The molecule has 2 rings (SSSR count). The number of hydrogen-bond donors (Lipinski definition) is 1. The van der Waals surface area contributed by atoms with Crippen molar-refractivity contribution in [2.75, 3.05) is 6.54 Å². The largest absolute Gasteiger partial charge is 0.391 e. The van der Waals surface area contributed by atoms with Gasteiger partial charge >= 0.3 is 0 Å². The maximum absolute atomic E-state index is 13.6. The molecule has 16 heavy (non-hydrogen) atoms. The van der Waals surface area contributed by atoms with Crippen LogP contribution in [0.5, 0.6) is 0 Å². The number of nitrogens with zero attached hydrogens (tertiary/aromatic N) is 1. The van der Waals surface area contributed by atoms with E-state index in [1.165, 1.54) is 6.07 Å². The molecule has 1 unspecified atom stereocenters. The van der Waals surface area contributed by atoms with Gasteiger partial charge in [0.1, 0.15) is 11.6 Å². The van der Waals surface area contributed by atoms with Gasteiger partial charge in [0.15, 0.2) is 0 Å². The molecule has 1 radical (unpaired) electrons. The van der Waals surface area contributed by atoms with Crippen LogP contribution < -0.4 is 0 Å². The minimum Gasteiger partial charge on any atom is -0.391 e. The van der Waals surface area contributed by atoms with Crippen LogP contribution in [0.25, 0.3) is 0 Å². The highest BCUT2D eigenvalue weighted by molar-refractivity contribution is 5.24. The lowest BCUT2D eigenvalue weighted by atomic mass is 10.0. The van der Waals surface area contributed by atoms with Crippen molar-refractivity contribution in [3.63, 3.8) is 0 Å². The van der Waals surface area contributed by atoms with Crippen molar-refractivity contribution in [3.8, 4) is 0 Å². The van der Waals surface area contributed by atoms with Gasteiger partial charge in [0.2, 0.25) is 0 Å². The van der Waals surface area contributed by atoms with E-state index in [1.807, 2.05) is 11.8 Å². The van der Waals surface area contributed by atoms with E-state index in [-0.39, 0.29) is 6.04 Å². The number of hydrogen-bond acceptors (Lipinski definition) is 2. The second-order valence-corrected chi connectivity index (χ2v) is 3.96. The fraction of sp³-hybridized carbons (Fsp3) is 0.417. The maximum atomic E-state index is 13.6. The molecule has 0 aliphatic carbocycles. The normalized spacial score (nSPS) is 26.2. The summed E-state index contributed by atoms with van der Waals surface area (Å²) in [4.78, 5) is 1.84. The summed E-state index contributed by atoms with van der Waals surface area (Å²) < 4.78 is 26.6. The Labute approximate surface area is 93.5 Å². The van der Waals surface area contributed by atoms with Crippen molar-refractivity contribution in [2.24, 2.45) is 0 Å². The van der Waals surface area contributed by atoms with Crippen LogP contribution in [0.4, 0.5) is 8.78 Å². The molecule has 87 valence electrons. The molecule has 1 N–H and O–H groups in total. The first kappa shape index (κ1) is 11.5. The zero-order valence-corrected chi connectivity index (χ0v) is 9.03. The summed E-state index contributed by atoms with van der Waals surface area (Å²) in [7, 11) is 0. The Hall–Kier alpha value is -1.00. The van der Waals surface area contributed by atoms with Crippen LogP contribution in [0.1, 0.15) is 24.9 Å². The smallest absolute Gasteiger partial charge is 0.128 e. The Balaban J connectivity index is 2.32. The molecular formula is C12H14F2NO. The third-order valence-electron chi connectivity index (χ3n) is 2.91. The van der Waals surface area contributed by atoms with Crippen molar-refractivity contribution in [1.82, 2.24) is 4.90 Å². The van der Waals surface area contributed by atoms with E-state index < -0.39 is 17.7 Å². The first-order chi connectivity index (χ1) is 7.61. The quantitative estimate of drug-likeness (QED) is 0.836. The van der Waals surface area contributed by atoms with Gasteiger partial charge in [-0.3, -0.25) is 4.90 Å². The molecule has 1 saturated heterocycles. The zero-order chi connectivity index (χ0) is 11.7. The topological polar surface area (TPSA) is 23.5 Å². The third-order valence-corrected chi connectivity index (χ3v) is 2.91. The molecule has 2 atom stereocenters. The van der Waals surface area contributed by atoms with Gasteiger partial charge in [-0.15, -0.1) is 0 Å². The second kappa shape index (κ2) is 4.47. The number of likely N-dealkylation sites (tertiary alicyclic amines) is 1. The number of rotatable bonds is 2. The summed E-state index contributed by atoms with van der Waals surface area (Å²) in [6.45, 7) is 4.24. The Morgan fingerprint density at radius 2 is 2.19 bits per heavy atom. The minimum atomic E-state index is -0.576. The summed E-state index contributed by atoms with van der Waals surface area (Å²) >= 11 is 0. The Bertz CT molecular complexity index is 383. The molecule has 4 heteroatoms. The highest BCUT2D eigenvalue weighted by Crippen LogP contribution is 2.35. The van der Waals surface area contributed by atoms with Crippen molar-refractivity contribution < 1.29 is 13.9 Å². The van der Waals surface area contributed by atoms with Crippen LogP contribution in [0.2, 0.25) is 0 Å². The van der Waals surface area contributed by atoms with Crippen LogP contribution in [0.3, 0.4) is 0 Å². The van der Waals surface area contributed by atoms with Crippen LogP contribution in [-0.4, -0.2) is 22.7 Å². The van der Waals surface area contributed by atoms with E-state index in [1.54, 1.807) is 6.54 Å². The highest BCUT2D eigenvalue weighted by Gasteiger charge is 2.33. The van der Waals surface area contributed by atoms with Crippen LogP contribution in [0.15, 0.2) is 18.2 Å². The Morgan fingerprint density at radius 1 is 1.44 bits per heavy atom. The number of aliphatic hydroxyl groups excluding tert-OH is 1. The number of benzene rings is 1. The van der Waals surface area contributed by atoms with Crippen LogP contribution in [0, 0.1) is 18.2 Å². The molecule has 0 saturated carbocycles. The molecule has 1 aromatic carbocycles. The van der Waals surface area contributed by atoms with E-state index in [9.17, 15) is 13.9 Å². The Kier molecular flexibility index (Phi) is 3.21. The van der Waals surface area contributed by atoms with Gasteiger partial charge in [-0.2, -0.15) is 0 Å². The zero-order valence-electron chi connectivity index (χ0n) is 9.03. The Morgan fingerprint density at radius 3 is 2.88 bits per heavy atom. The monoisotopic (exact) mass is 226 g/mol. The molecule has 1 fully saturated rings. The molecule has 2 nitrogen and oxygen atoms in total. The van der Waals surface area contributed by atoms with Gasteiger partial charge < -0.3 is 5.11 Å². The molecule has 0 amide bonds. The summed E-state index contributed by atoms with van der Waals surface area (Å²) in [5, 5.41) is 9.51. The van der Waals surface area contributed by atoms with Gasteiger partial charge in [-0.05, 0) is 31.2 Å². The lowest BCUT2D eigenvalue weighted by molar-refractivity contribution is 0.208. The van der Waals surface area contributed by atoms with Gasteiger partial charge in [-0.1, -0.05) is 6.92 Å². The first-order valence-electron chi connectivity index (χ1n) is 5.35. The lowest BCUT2D eigenvalue weighted by Crippen LogP contribution is -2.21. The summed E-state index contributed by atoms with van der Waals surface area (Å²) in [5.74, 6) is -0.874. The third kappa shape index (κ3) is 2.08. The fourth-order valence-electron chi connectivity index (χ4n) is 2.15. The number of aliphatic hydroxyl groups is 1. The van der Waals surface area contributed by atoms with Gasteiger partial charge in [0, 0.05) is 11.6 Å². The van der Waals surface area contributed by atoms with Gasteiger partial charge in [0.25, 0.3) is 0 Å².